The van der Waals surface area contributed by atoms with Gasteiger partial charge in [-0.1, -0.05) is 84.0 Å². The van der Waals surface area contributed by atoms with Gasteiger partial charge in [0, 0.05) is 24.3 Å². The number of hydrogen-bond acceptors (Lipinski definition) is 9. The first kappa shape index (κ1) is 35.3. The van der Waals surface area contributed by atoms with Gasteiger partial charge < -0.3 is 18.6 Å². The Hall–Kier alpha value is -5.55. The number of benzene rings is 3. The third kappa shape index (κ3) is 7.94. The molecule has 1 aliphatic heterocycles. The van der Waals surface area contributed by atoms with Crippen LogP contribution >= 0.6 is 0 Å². The fraction of sp³-hybridized carbons (Fsp3) is 0.325. The molecule has 1 saturated heterocycles. The number of ether oxygens (including phenoxy) is 3. The average molecular weight is 692 g/mol. The summed E-state index contributed by atoms with van der Waals surface area (Å²) in [6.07, 6.45) is 1.79. The molecule has 0 aliphatic carbocycles. The lowest BCUT2D eigenvalue weighted by Gasteiger charge is -2.24. The van der Waals surface area contributed by atoms with Crippen molar-refractivity contribution in [2.75, 3.05) is 6.61 Å². The van der Waals surface area contributed by atoms with Crippen molar-refractivity contribution in [3.63, 3.8) is 0 Å². The second-order valence-corrected chi connectivity index (χ2v) is 14.6. The van der Waals surface area contributed by atoms with Crippen LogP contribution in [-0.2, 0) is 25.0 Å². The van der Waals surface area contributed by atoms with Crippen LogP contribution in [0.2, 0.25) is 0 Å². The van der Waals surface area contributed by atoms with Crippen LogP contribution in [0.4, 0.5) is 0 Å². The molecule has 6 rings (SSSR count). The van der Waals surface area contributed by atoms with Crippen molar-refractivity contribution in [3.05, 3.63) is 134 Å². The third-order valence-corrected chi connectivity index (χ3v) is 8.73. The number of carbonyl (C=O) groups is 2. The molecule has 0 amide bonds. The molecule has 1 N–H and O–H groups in total. The number of rotatable bonds is 8. The molecular weight excluding hydrogens is 650 g/mol. The van der Waals surface area contributed by atoms with Crippen LogP contribution in [0.25, 0.3) is 23.3 Å². The second kappa shape index (κ2) is 14.0. The van der Waals surface area contributed by atoms with Crippen LogP contribution in [-0.4, -0.2) is 45.3 Å². The average Bonchev–Trinajstić information content (AvgIpc) is 3.69. The number of nitrogens with one attached hydrogen (secondary N) is 1. The maximum atomic E-state index is 13.1. The molecule has 264 valence electrons. The molecular formula is C40H41N3O8. The summed E-state index contributed by atoms with van der Waals surface area (Å²) in [5.74, 6) is -0.874. The molecule has 5 aromatic rings. The Morgan fingerprint density at radius 2 is 1.55 bits per heavy atom. The van der Waals surface area contributed by atoms with Gasteiger partial charge in [0.05, 0.1) is 16.7 Å². The van der Waals surface area contributed by atoms with Gasteiger partial charge in [-0.05, 0) is 52.8 Å². The van der Waals surface area contributed by atoms with Crippen LogP contribution in [0.3, 0.4) is 0 Å². The van der Waals surface area contributed by atoms with E-state index in [-0.39, 0.29) is 29.4 Å². The topological polar surface area (TPSA) is 143 Å². The van der Waals surface area contributed by atoms with Crippen LogP contribution in [0.1, 0.15) is 97.5 Å². The molecule has 11 nitrogen and oxygen atoms in total. The van der Waals surface area contributed by atoms with E-state index < -0.39 is 41.6 Å². The molecule has 3 heterocycles. The van der Waals surface area contributed by atoms with E-state index in [0.29, 0.717) is 28.1 Å². The van der Waals surface area contributed by atoms with Crippen LogP contribution < -0.4 is 11.2 Å². The lowest BCUT2D eigenvalue weighted by atomic mass is 9.80. The second-order valence-electron chi connectivity index (χ2n) is 14.6. The van der Waals surface area contributed by atoms with Gasteiger partial charge >= 0.3 is 17.6 Å². The summed E-state index contributed by atoms with van der Waals surface area (Å²) in [7, 11) is 0. The maximum Gasteiger partial charge on any atom is 0.338 e. The quantitative estimate of drug-likeness (QED) is 0.174. The molecule has 3 aromatic carbocycles. The van der Waals surface area contributed by atoms with E-state index in [9.17, 15) is 19.2 Å². The molecule has 2 aromatic heterocycles. The van der Waals surface area contributed by atoms with Gasteiger partial charge in [0.25, 0.3) is 5.56 Å². The lowest BCUT2D eigenvalue weighted by Crippen LogP contribution is -2.33. The zero-order valence-corrected chi connectivity index (χ0v) is 29.5. The minimum Gasteiger partial charge on any atom is -0.459 e. The highest BCUT2D eigenvalue weighted by Gasteiger charge is 2.40. The maximum absolute atomic E-state index is 13.1. The summed E-state index contributed by atoms with van der Waals surface area (Å²) in [5.41, 5.74) is 2.70. The van der Waals surface area contributed by atoms with Crippen molar-refractivity contribution in [1.29, 1.82) is 0 Å². The number of aromatic amines is 1. The number of aromatic nitrogens is 3. The summed E-state index contributed by atoms with van der Waals surface area (Å²) >= 11 is 0. The van der Waals surface area contributed by atoms with E-state index in [0.717, 1.165) is 11.1 Å². The standard InChI is InChI=1S/C40H41N3O8/c1-39(2,3)27-19-28(40(4,5)6)34-29(20-27)41-32(51-34)18-17-26-22-43(38(47)42-35(26)44)33-21-30(50-37(46)25-15-11-8-12-16-25)31(49-33)23-48-36(45)24-13-9-7-10-14-24/h7-20,22,30-31,33H,21,23H2,1-6H3,(H,42,44,47)/b18-17+/t30-,31+,33+/m0/s1. The molecule has 0 bridgehead atoms. The first-order chi connectivity index (χ1) is 24.2. The van der Waals surface area contributed by atoms with Crippen molar-refractivity contribution in [2.45, 2.75) is 77.2 Å². The Balaban J connectivity index is 1.27. The van der Waals surface area contributed by atoms with Gasteiger partial charge in [-0.25, -0.2) is 19.4 Å². The highest BCUT2D eigenvalue weighted by molar-refractivity contribution is 5.90. The fourth-order valence-corrected chi connectivity index (χ4v) is 5.85. The van der Waals surface area contributed by atoms with Gasteiger partial charge in [-0.3, -0.25) is 14.3 Å². The predicted octanol–water partition coefficient (Wildman–Crippen LogP) is 6.81. The van der Waals surface area contributed by atoms with Gasteiger partial charge in [0.2, 0.25) is 5.89 Å². The number of esters is 2. The molecule has 1 aliphatic rings. The lowest BCUT2D eigenvalue weighted by molar-refractivity contribution is -0.0582. The summed E-state index contributed by atoms with van der Waals surface area (Å²) in [5, 5.41) is 0. The van der Waals surface area contributed by atoms with Gasteiger partial charge in [0.1, 0.15) is 30.6 Å². The molecule has 0 saturated carbocycles. The number of hydrogen-bond donors (Lipinski definition) is 1. The third-order valence-electron chi connectivity index (χ3n) is 8.73. The number of H-pyrrole nitrogens is 1. The molecule has 51 heavy (non-hydrogen) atoms. The monoisotopic (exact) mass is 691 g/mol. The highest BCUT2D eigenvalue weighted by atomic mass is 16.6. The Kier molecular flexibility index (Phi) is 9.68. The largest absolute Gasteiger partial charge is 0.459 e. The van der Waals surface area contributed by atoms with E-state index in [1.165, 1.54) is 16.8 Å². The zero-order valence-electron chi connectivity index (χ0n) is 29.5. The fourth-order valence-electron chi connectivity index (χ4n) is 5.85. The highest BCUT2D eigenvalue weighted by Crippen LogP contribution is 2.36. The first-order valence-electron chi connectivity index (χ1n) is 16.8. The number of oxazole rings is 1. The smallest absolute Gasteiger partial charge is 0.338 e. The zero-order chi connectivity index (χ0) is 36.5. The summed E-state index contributed by atoms with van der Waals surface area (Å²) in [6, 6.07) is 21.1. The Morgan fingerprint density at radius 1 is 0.902 bits per heavy atom. The van der Waals surface area contributed by atoms with E-state index in [1.54, 1.807) is 66.7 Å². The van der Waals surface area contributed by atoms with Gasteiger partial charge in [-0.2, -0.15) is 0 Å². The van der Waals surface area contributed by atoms with Crippen molar-refractivity contribution in [2.24, 2.45) is 0 Å². The summed E-state index contributed by atoms with van der Waals surface area (Å²) in [6.45, 7) is 12.5. The SMILES string of the molecule is CC(C)(C)c1cc(C(C)(C)C)c2oc(/C=C/c3cn([C@H]4C[C@H](OC(=O)c5ccccc5)[C@@H](COC(=O)c5ccccc5)O4)c(=O)[nH]c3=O)nc2c1. The molecule has 11 heteroatoms. The number of fused-ring (bicyclic) bond motifs is 1. The molecule has 0 unspecified atom stereocenters. The van der Waals surface area contributed by atoms with Crippen molar-refractivity contribution >= 4 is 35.2 Å². The molecule has 0 spiro atoms. The Morgan fingerprint density at radius 3 is 2.18 bits per heavy atom. The minimum absolute atomic E-state index is 0.0536. The normalized spacial score (nSPS) is 18.0. The van der Waals surface area contributed by atoms with Crippen LogP contribution in [0.5, 0.6) is 0 Å². The first-order valence-corrected chi connectivity index (χ1v) is 16.8. The molecule has 0 radical (unpaired) electrons. The molecule has 3 atom stereocenters. The minimum atomic E-state index is -0.954. The van der Waals surface area contributed by atoms with Crippen LogP contribution in [0, 0.1) is 0 Å². The van der Waals surface area contributed by atoms with Crippen LogP contribution in [0.15, 0.2) is 93.0 Å². The van der Waals surface area contributed by atoms with E-state index in [1.807, 2.05) is 6.07 Å². The van der Waals surface area contributed by atoms with Gasteiger partial charge in [0.15, 0.2) is 5.58 Å². The Bertz CT molecular complexity index is 2200. The number of carbonyl (C=O) groups excluding carboxylic acids is 2. The predicted molar refractivity (Wildman–Crippen MR) is 193 cm³/mol. The van der Waals surface area contributed by atoms with Crippen molar-refractivity contribution in [3.8, 4) is 0 Å². The Labute approximate surface area is 294 Å². The van der Waals surface area contributed by atoms with E-state index in [4.69, 9.17) is 23.6 Å². The molecule has 1 fully saturated rings. The van der Waals surface area contributed by atoms with Crippen molar-refractivity contribution < 1.29 is 28.2 Å². The summed E-state index contributed by atoms with van der Waals surface area (Å²) in [4.78, 5) is 58.8. The number of nitrogens with zero attached hydrogens (tertiary/aromatic N) is 2. The van der Waals surface area contributed by atoms with E-state index in [2.05, 4.69) is 52.6 Å². The van der Waals surface area contributed by atoms with Crippen molar-refractivity contribution in [1.82, 2.24) is 14.5 Å². The van der Waals surface area contributed by atoms with E-state index >= 15 is 0 Å². The summed E-state index contributed by atoms with van der Waals surface area (Å²) < 4.78 is 24.9. The van der Waals surface area contributed by atoms with Gasteiger partial charge in [-0.15, -0.1) is 0 Å².